The van der Waals surface area contributed by atoms with E-state index >= 15 is 0 Å². The van der Waals surface area contributed by atoms with Gasteiger partial charge < -0.3 is 9.90 Å². The van der Waals surface area contributed by atoms with Gasteiger partial charge in [-0.1, -0.05) is 37.3 Å². The molecule has 0 aliphatic heterocycles. The van der Waals surface area contributed by atoms with Crippen LogP contribution in [0.2, 0.25) is 0 Å². The summed E-state index contributed by atoms with van der Waals surface area (Å²) in [7, 11) is 0. The number of carboxylic acid groups (broad SMARTS) is 1. The maximum Gasteiger partial charge on any atom is 0.189 e. The minimum atomic E-state index is -1.34. The van der Waals surface area contributed by atoms with E-state index in [9.17, 15) is 14.7 Å². The van der Waals surface area contributed by atoms with Crippen LogP contribution < -0.4 is 5.11 Å². The third kappa shape index (κ3) is 3.06. The first-order chi connectivity index (χ1) is 7.15. The molecule has 0 unspecified atom stereocenters. The Kier molecular flexibility index (Phi) is 3.80. The molecular weight excluding hydrogens is 192 g/mol. The molecule has 1 aromatic rings. The minimum Gasteiger partial charge on any atom is -0.545 e. The predicted molar refractivity (Wildman–Crippen MR) is 54.2 cm³/mol. The molecule has 0 fully saturated rings. The zero-order valence-corrected chi connectivity index (χ0v) is 8.40. The fourth-order valence-electron chi connectivity index (χ4n) is 1.25. The minimum absolute atomic E-state index is 0.251. The Hall–Kier alpha value is -1.90. The molecule has 15 heavy (non-hydrogen) atoms. The first-order valence-electron chi connectivity index (χ1n) is 4.66. The number of allylic oxidation sites excluding steroid dienone is 1. The third-order valence-corrected chi connectivity index (χ3v) is 2.00. The second-order valence-electron chi connectivity index (χ2n) is 3.04. The Labute approximate surface area is 88.0 Å². The van der Waals surface area contributed by atoms with Crippen LogP contribution in [0.15, 0.2) is 42.0 Å². The first-order valence-corrected chi connectivity index (χ1v) is 4.66. The van der Waals surface area contributed by atoms with E-state index in [1.807, 2.05) is 0 Å². The number of hydrogen-bond donors (Lipinski definition) is 0. The number of carboxylic acids is 1. The van der Waals surface area contributed by atoms with Crippen LogP contribution in [0.3, 0.4) is 0 Å². The zero-order chi connectivity index (χ0) is 11.3. The maximum absolute atomic E-state index is 11.8. The highest BCUT2D eigenvalue weighted by Gasteiger charge is 2.09. The number of ketones is 1. The van der Waals surface area contributed by atoms with E-state index in [-0.39, 0.29) is 11.4 Å². The average molecular weight is 203 g/mol. The van der Waals surface area contributed by atoms with E-state index in [2.05, 4.69) is 0 Å². The summed E-state index contributed by atoms with van der Waals surface area (Å²) in [4.78, 5) is 22.1. The number of carbonyl (C=O) groups is 2. The maximum atomic E-state index is 11.8. The summed E-state index contributed by atoms with van der Waals surface area (Å²) in [5.74, 6) is -1.60. The highest BCUT2D eigenvalue weighted by Crippen LogP contribution is 2.10. The fraction of sp³-hybridized carbons (Fsp3) is 0.167. The largest absolute Gasteiger partial charge is 0.545 e. The second kappa shape index (κ2) is 5.10. The van der Waals surface area contributed by atoms with Crippen LogP contribution in [-0.4, -0.2) is 11.8 Å². The molecule has 0 atom stereocenters. The smallest absolute Gasteiger partial charge is 0.189 e. The lowest BCUT2D eigenvalue weighted by Gasteiger charge is -2.04. The molecule has 0 aromatic heterocycles. The lowest BCUT2D eigenvalue weighted by atomic mass is 10.0. The summed E-state index contributed by atoms with van der Waals surface area (Å²) in [6, 6.07) is 8.58. The number of Topliss-reactive ketones (excluding diaryl/α,β-unsaturated/α-hetero) is 1. The molecule has 0 bridgehead atoms. The normalized spacial score (nSPS) is 11.1. The topological polar surface area (TPSA) is 57.2 Å². The van der Waals surface area contributed by atoms with Crippen LogP contribution in [0.5, 0.6) is 0 Å². The van der Waals surface area contributed by atoms with Gasteiger partial charge in [0.05, 0.1) is 5.97 Å². The SMILES string of the molecule is CCC(=CC(=O)[O-])C(=O)c1ccccc1. The molecule has 0 radical (unpaired) electrons. The summed E-state index contributed by atoms with van der Waals surface area (Å²) < 4.78 is 0. The van der Waals surface area contributed by atoms with Crippen molar-refractivity contribution in [2.75, 3.05) is 0 Å². The van der Waals surface area contributed by atoms with Gasteiger partial charge in [-0.3, -0.25) is 4.79 Å². The summed E-state index contributed by atoms with van der Waals surface area (Å²) in [5, 5.41) is 10.4. The van der Waals surface area contributed by atoms with Gasteiger partial charge in [-0.15, -0.1) is 0 Å². The van der Waals surface area contributed by atoms with Crippen molar-refractivity contribution in [2.45, 2.75) is 13.3 Å². The number of aliphatic carboxylic acids is 1. The van der Waals surface area contributed by atoms with E-state index in [0.717, 1.165) is 6.08 Å². The zero-order valence-electron chi connectivity index (χ0n) is 8.40. The Morgan fingerprint density at radius 1 is 1.27 bits per heavy atom. The predicted octanol–water partition coefficient (Wildman–Crippen LogP) is 0.956. The number of hydrogen-bond acceptors (Lipinski definition) is 3. The second-order valence-corrected chi connectivity index (χ2v) is 3.04. The molecule has 0 aliphatic carbocycles. The highest BCUT2D eigenvalue weighted by atomic mass is 16.4. The highest BCUT2D eigenvalue weighted by molar-refractivity contribution is 6.10. The van der Waals surface area contributed by atoms with Gasteiger partial charge in [-0.2, -0.15) is 0 Å². The van der Waals surface area contributed by atoms with Crippen molar-refractivity contribution in [3.05, 3.63) is 47.5 Å². The van der Waals surface area contributed by atoms with E-state index < -0.39 is 5.97 Å². The van der Waals surface area contributed by atoms with E-state index in [1.54, 1.807) is 37.3 Å². The van der Waals surface area contributed by atoms with Crippen molar-refractivity contribution in [1.29, 1.82) is 0 Å². The Morgan fingerprint density at radius 2 is 1.87 bits per heavy atom. The fourth-order valence-corrected chi connectivity index (χ4v) is 1.25. The molecule has 78 valence electrons. The summed E-state index contributed by atoms with van der Waals surface area (Å²) in [5.41, 5.74) is 0.744. The molecule has 3 nitrogen and oxygen atoms in total. The molecule has 0 saturated heterocycles. The van der Waals surface area contributed by atoms with Crippen molar-refractivity contribution >= 4 is 11.8 Å². The Morgan fingerprint density at radius 3 is 2.33 bits per heavy atom. The quantitative estimate of drug-likeness (QED) is 0.541. The van der Waals surface area contributed by atoms with Crippen molar-refractivity contribution in [3.8, 4) is 0 Å². The van der Waals surface area contributed by atoms with Crippen LogP contribution in [-0.2, 0) is 4.79 Å². The van der Waals surface area contributed by atoms with Gasteiger partial charge in [0.15, 0.2) is 5.78 Å². The van der Waals surface area contributed by atoms with E-state index in [0.29, 0.717) is 12.0 Å². The van der Waals surface area contributed by atoms with Gasteiger partial charge in [0.2, 0.25) is 0 Å². The molecule has 0 N–H and O–H groups in total. The lowest BCUT2D eigenvalue weighted by molar-refractivity contribution is -0.297. The Balaban J connectivity index is 2.98. The standard InChI is InChI=1S/C12H12O3/c1-2-9(8-11(13)14)12(15)10-6-4-3-5-7-10/h3-8H,2H2,1H3,(H,13,14)/p-1. The first kappa shape index (κ1) is 11.2. The number of benzene rings is 1. The van der Waals surface area contributed by atoms with Gasteiger partial charge >= 0.3 is 0 Å². The van der Waals surface area contributed by atoms with Gasteiger partial charge in [0.25, 0.3) is 0 Å². The number of rotatable bonds is 4. The van der Waals surface area contributed by atoms with Crippen LogP contribution >= 0.6 is 0 Å². The molecular formula is C12H11O3-. The van der Waals surface area contributed by atoms with E-state index in [4.69, 9.17) is 0 Å². The third-order valence-electron chi connectivity index (χ3n) is 2.00. The summed E-state index contributed by atoms with van der Waals surface area (Å²) >= 11 is 0. The van der Waals surface area contributed by atoms with Crippen LogP contribution in [0.25, 0.3) is 0 Å². The van der Waals surface area contributed by atoms with Crippen LogP contribution in [0, 0.1) is 0 Å². The number of carbonyl (C=O) groups excluding carboxylic acids is 2. The summed E-state index contributed by atoms with van der Waals surface area (Å²) in [6.45, 7) is 1.73. The molecule has 1 rings (SSSR count). The lowest BCUT2D eigenvalue weighted by Crippen LogP contribution is -2.20. The van der Waals surface area contributed by atoms with Crippen LogP contribution in [0.1, 0.15) is 23.7 Å². The Bertz CT molecular complexity index is 391. The molecule has 1 aromatic carbocycles. The van der Waals surface area contributed by atoms with Crippen molar-refractivity contribution in [3.63, 3.8) is 0 Å². The summed E-state index contributed by atoms with van der Waals surface area (Å²) in [6.07, 6.45) is 1.23. The van der Waals surface area contributed by atoms with Gasteiger partial charge in [0.1, 0.15) is 0 Å². The van der Waals surface area contributed by atoms with Gasteiger partial charge in [-0.25, -0.2) is 0 Å². The molecule has 0 spiro atoms. The van der Waals surface area contributed by atoms with Crippen molar-refractivity contribution in [2.24, 2.45) is 0 Å². The average Bonchev–Trinajstić information content (AvgIpc) is 2.26. The molecule has 0 amide bonds. The van der Waals surface area contributed by atoms with Crippen molar-refractivity contribution < 1.29 is 14.7 Å². The molecule has 0 heterocycles. The molecule has 0 saturated carbocycles. The van der Waals surface area contributed by atoms with Crippen molar-refractivity contribution in [1.82, 2.24) is 0 Å². The van der Waals surface area contributed by atoms with Crippen LogP contribution in [0.4, 0.5) is 0 Å². The monoisotopic (exact) mass is 203 g/mol. The van der Waals surface area contributed by atoms with Gasteiger partial charge in [0, 0.05) is 11.1 Å². The van der Waals surface area contributed by atoms with Gasteiger partial charge in [-0.05, 0) is 12.5 Å². The van der Waals surface area contributed by atoms with E-state index in [1.165, 1.54) is 0 Å². The molecule has 0 aliphatic rings. The molecule has 3 heteroatoms.